The van der Waals surface area contributed by atoms with Crippen LogP contribution in [0.15, 0.2) is 24.3 Å². The predicted molar refractivity (Wildman–Crippen MR) is 65.6 cm³/mol. The van der Waals surface area contributed by atoms with Gasteiger partial charge in [-0.05, 0) is 43.7 Å². The molecule has 17 heavy (non-hydrogen) atoms. The molecule has 0 spiro atoms. The number of hydrogen-bond donors (Lipinski definition) is 1. The Morgan fingerprint density at radius 3 is 2.76 bits per heavy atom. The molecule has 0 radical (unpaired) electrons. The lowest BCUT2D eigenvalue weighted by Crippen LogP contribution is -2.30. The van der Waals surface area contributed by atoms with Crippen LogP contribution in [0.25, 0.3) is 0 Å². The number of Topliss-reactive ketones (excluding diaryl/α,β-unsaturated/α-hetero) is 1. The van der Waals surface area contributed by atoms with E-state index in [1.165, 1.54) is 31.4 Å². The molecule has 92 valence electrons. The van der Waals surface area contributed by atoms with Gasteiger partial charge in [0.25, 0.3) is 0 Å². The van der Waals surface area contributed by atoms with Crippen molar-refractivity contribution in [3.63, 3.8) is 0 Å². The van der Waals surface area contributed by atoms with Gasteiger partial charge in [-0.3, -0.25) is 4.79 Å². The third kappa shape index (κ3) is 3.63. The van der Waals surface area contributed by atoms with Crippen LogP contribution in [0.5, 0.6) is 0 Å². The molecule has 2 nitrogen and oxygen atoms in total. The van der Waals surface area contributed by atoms with Gasteiger partial charge in [0.1, 0.15) is 5.82 Å². The van der Waals surface area contributed by atoms with Crippen LogP contribution in [0, 0.1) is 5.82 Å². The summed E-state index contributed by atoms with van der Waals surface area (Å²) < 4.78 is 12.7. The summed E-state index contributed by atoms with van der Waals surface area (Å²) in [5.74, 6) is -0.196. The van der Waals surface area contributed by atoms with Crippen LogP contribution in [-0.4, -0.2) is 18.4 Å². The Labute approximate surface area is 101 Å². The summed E-state index contributed by atoms with van der Waals surface area (Å²) in [6, 6.07) is 6.10. The molecule has 0 aromatic heterocycles. The van der Waals surface area contributed by atoms with E-state index < -0.39 is 0 Å². The quantitative estimate of drug-likeness (QED) is 0.816. The van der Waals surface area contributed by atoms with Crippen LogP contribution in [0.3, 0.4) is 0 Å². The van der Waals surface area contributed by atoms with Crippen LogP contribution in [0.4, 0.5) is 4.39 Å². The largest absolute Gasteiger partial charge is 0.314 e. The number of carbonyl (C=O) groups excluding carboxylic acids is 1. The van der Waals surface area contributed by atoms with Crippen molar-refractivity contribution in [2.75, 3.05) is 6.54 Å². The number of nitrogens with one attached hydrogen (secondary N) is 1. The van der Waals surface area contributed by atoms with Crippen molar-refractivity contribution in [1.82, 2.24) is 5.32 Å². The molecule has 2 rings (SSSR count). The van der Waals surface area contributed by atoms with Crippen molar-refractivity contribution in [3.05, 3.63) is 35.6 Å². The average molecular weight is 235 g/mol. The minimum absolute atomic E-state index is 0.101. The summed E-state index contributed by atoms with van der Waals surface area (Å²) in [6.07, 6.45) is 5.21. The van der Waals surface area contributed by atoms with E-state index in [1.54, 1.807) is 12.1 Å². The molecule has 1 heterocycles. The number of rotatable bonds is 3. The first-order valence-electron chi connectivity index (χ1n) is 6.28. The molecule has 0 aliphatic carbocycles. The van der Waals surface area contributed by atoms with E-state index in [0.717, 1.165) is 13.0 Å². The van der Waals surface area contributed by atoms with Crippen LogP contribution in [-0.2, 0) is 0 Å². The van der Waals surface area contributed by atoms with Crippen molar-refractivity contribution in [1.29, 1.82) is 0 Å². The number of ketones is 1. The Morgan fingerprint density at radius 1 is 1.24 bits per heavy atom. The molecule has 3 heteroatoms. The Bertz CT molecular complexity index is 366. The Balaban J connectivity index is 1.93. The molecule has 1 saturated heterocycles. The fourth-order valence-electron chi connectivity index (χ4n) is 2.25. The van der Waals surface area contributed by atoms with Crippen molar-refractivity contribution in [3.8, 4) is 0 Å². The van der Waals surface area contributed by atoms with E-state index in [2.05, 4.69) is 5.32 Å². The van der Waals surface area contributed by atoms with Crippen molar-refractivity contribution < 1.29 is 9.18 Å². The van der Waals surface area contributed by atoms with Gasteiger partial charge in [-0.15, -0.1) is 0 Å². The zero-order chi connectivity index (χ0) is 12.1. The zero-order valence-electron chi connectivity index (χ0n) is 9.92. The molecule has 1 fully saturated rings. The van der Waals surface area contributed by atoms with E-state index in [1.807, 2.05) is 0 Å². The fraction of sp³-hybridized carbons (Fsp3) is 0.500. The summed E-state index contributed by atoms with van der Waals surface area (Å²) in [7, 11) is 0. The van der Waals surface area contributed by atoms with Gasteiger partial charge < -0.3 is 5.32 Å². The minimum atomic E-state index is -0.297. The third-order valence-electron chi connectivity index (χ3n) is 3.26. The van der Waals surface area contributed by atoms with E-state index in [0.29, 0.717) is 12.0 Å². The number of hydrogen-bond acceptors (Lipinski definition) is 2. The highest BCUT2D eigenvalue weighted by Crippen LogP contribution is 2.14. The SMILES string of the molecule is O=C(CC1CCCCCN1)c1ccc(F)cc1. The molecule has 0 amide bonds. The third-order valence-corrected chi connectivity index (χ3v) is 3.26. The molecule has 1 aliphatic rings. The first-order valence-corrected chi connectivity index (χ1v) is 6.28. The highest BCUT2D eigenvalue weighted by atomic mass is 19.1. The van der Waals surface area contributed by atoms with Gasteiger partial charge >= 0.3 is 0 Å². The normalized spacial score (nSPS) is 20.9. The van der Waals surface area contributed by atoms with E-state index in [9.17, 15) is 9.18 Å². The van der Waals surface area contributed by atoms with Gasteiger partial charge in [0.05, 0.1) is 0 Å². The van der Waals surface area contributed by atoms with Crippen LogP contribution < -0.4 is 5.32 Å². The highest BCUT2D eigenvalue weighted by molar-refractivity contribution is 5.96. The summed E-state index contributed by atoms with van der Waals surface area (Å²) >= 11 is 0. The predicted octanol–water partition coefficient (Wildman–Crippen LogP) is 2.93. The minimum Gasteiger partial charge on any atom is -0.314 e. The molecule has 1 aromatic carbocycles. The van der Waals surface area contributed by atoms with E-state index in [4.69, 9.17) is 0 Å². The van der Waals surface area contributed by atoms with Crippen LogP contribution in [0.2, 0.25) is 0 Å². The van der Waals surface area contributed by atoms with Gasteiger partial charge in [-0.25, -0.2) is 4.39 Å². The molecule has 1 aliphatic heterocycles. The molecule has 0 saturated carbocycles. The first-order chi connectivity index (χ1) is 8.25. The molecular formula is C14H18FNO. The second kappa shape index (κ2) is 5.92. The Kier molecular flexibility index (Phi) is 4.26. The smallest absolute Gasteiger partial charge is 0.164 e. The van der Waals surface area contributed by atoms with Gasteiger partial charge in [-0.1, -0.05) is 12.8 Å². The van der Waals surface area contributed by atoms with Gasteiger partial charge in [0.2, 0.25) is 0 Å². The topological polar surface area (TPSA) is 29.1 Å². The molecule has 0 bridgehead atoms. The molecule has 1 unspecified atom stereocenters. The lowest BCUT2D eigenvalue weighted by molar-refractivity contribution is 0.0968. The molecule has 1 atom stereocenters. The number of carbonyl (C=O) groups is 1. The lowest BCUT2D eigenvalue weighted by atomic mass is 10.0. The van der Waals surface area contributed by atoms with Crippen molar-refractivity contribution >= 4 is 5.78 Å². The second-order valence-electron chi connectivity index (χ2n) is 4.63. The van der Waals surface area contributed by atoms with Crippen molar-refractivity contribution in [2.24, 2.45) is 0 Å². The van der Waals surface area contributed by atoms with Gasteiger partial charge in [0.15, 0.2) is 5.78 Å². The Morgan fingerprint density at radius 2 is 2.00 bits per heavy atom. The number of halogens is 1. The number of benzene rings is 1. The zero-order valence-corrected chi connectivity index (χ0v) is 9.92. The van der Waals surface area contributed by atoms with E-state index in [-0.39, 0.29) is 17.6 Å². The lowest BCUT2D eigenvalue weighted by Gasteiger charge is -2.14. The summed E-state index contributed by atoms with van der Waals surface area (Å²) in [5, 5.41) is 3.40. The summed E-state index contributed by atoms with van der Waals surface area (Å²) in [5.41, 5.74) is 0.609. The molecular weight excluding hydrogens is 217 g/mol. The average Bonchev–Trinajstić information content (AvgIpc) is 2.58. The monoisotopic (exact) mass is 235 g/mol. The van der Waals surface area contributed by atoms with Crippen LogP contribution >= 0.6 is 0 Å². The summed E-state index contributed by atoms with van der Waals surface area (Å²) in [6.45, 7) is 1.00. The molecule has 1 N–H and O–H groups in total. The Hall–Kier alpha value is -1.22. The van der Waals surface area contributed by atoms with Gasteiger partial charge in [0, 0.05) is 18.0 Å². The van der Waals surface area contributed by atoms with Gasteiger partial charge in [-0.2, -0.15) is 0 Å². The molecule has 1 aromatic rings. The van der Waals surface area contributed by atoms with E-state index >= 15 is 0 Å². The maximum atomic E-state index is 12.7. The van der Waals surface area contributed by atoms with Crippen molar-refractivity contribution in [2.45, 2.75) is 38.1 Å². The fourth-order valence-corrected chi connectivity index (χ4v) is 2.25. The highest BCUT2D eigenvalue weighted by Gasteiger charge is 2.16. The summed E-state index contributed by atoms with van der Waals surface area (Å²) in [4.78, 5) is 12.0. The standard InChI is InChI=1S/C14H18FNO/c15-12-7-5-11(6-8-12)14(17)10-13-4-2-1-3-9-16-13/h5-8,13,16H,1-4,9-10H2. The maximum Gasteiger partial charge on any atom is 0.164 e. The maximum absolute atomic E-state index is 12.7. The van der Waals surface area contributed by atoms with Crippen LogP contribution in [0.1, 0.15) is 42.5 Å². The first kappa shape index (κ1) is 12.2. The second-order valence-corrected chi connectivity index (χ2v) is 4.63.